The third-order valence-corrected chi connectivity index (χ3v) is 6.05. The van der Waals surface area contributed by atoms with Gasteiger partial charge < -0.3 is 10.2 Å². The van der Waals surface area contributed by atoms with Gasteiger partial charge in [0, 0.05) is 18.7 Å². The monoisotopic (exact) mass is 362 g/mol. The van der Waals surface area contributed by atoms with E-state index in [0.717, 1.165) is 36.1 Å². The summed E-state index contributed by atoms with van der Waals surface area (Å²) in [5, 5.41) is 3.22. The van der Waals surface area contributed by atoms with Gasteiger partial charge in [-0.05, 0) is 61.4 Å². The second kappa shape index (κ2) is 7.18. The van der Waals surface area contributed by atoms with E-state index in [0.29, 0.717) is 6.54 Å². The Morgan fingerprint density at radius 3 is 2.78 bits per heavy atom. The molecule has 2 aromatic rings. The largest absolute Gasteiger partial charge is 0.349 e. The van der Waals surface area contributed by atoms with Crippen LogP contribution in [0, 0.1) is 19.8 Å². The van der Waals surface area contributed by atoms with Crippen LogP contribution >= 0.6 is 0 Å². The Bertz CT molecular complexity index is 890. The summed E-state index contributed by atoms with van der Waals surface area (Å²) >= 11 is 0. The Morgan fingerprint density at radius 2 is 1.93 bits per heavy atom. The first-order valence-corrected chi connectivity index (χ1v) is 9.79. The average molecular weight is 362 g/mol. The molecular formula is C23H26N2O2. The lowest BCUT2D eigenvalue weighted by Gasteiger charge is -2.27. The molecule has 1 fully saturated rings. The number of nitrogens with one attached hydrogen (secondary N) is 1. The molecule has 0 saturated carbocycles. The van der Waals surface area contributed by atoms with Crippen LogP contribution in [0.3, 0.4) is 0 Å². The normalized spacial score (nSPS) is 21.9. The second-order valence-corrected chi connectivity index (χ2v) is 7.78. The van der Waals surface area contributed by atoms with E-state index in [4.69, 9.17) is 0 Å². The third kappa shape index (κ3) is 3.36. The van der Waals surface area contributed by atoms with Gasteiger partial charge in [-0.25, -0.2) is 0 Å². The van der Waals surface area contributed by atoms with E-state index in [1.807, 2.05) is 38.1 Å². The first-order valence-electron chi connectivity index (χ1n) is 9.79. The molecule has 1 saturated heterocycles. The van der Waals surface area contributed by atoms with Gasteiger partial charge in [0.2, 0.25) is 11.8 Å². The zero-order valence-electron chi connectivity index (χ0n) is 16.0. The molecule has 2 amide bonds. The number of hydrogen-bond donors (Lipinski definition) is 1. The highest BCUT2D eigenvalue weighted by Crippen LogP contribution is 2.32. The fourth-order valence-electron chi connectivity index (χ4n) is 4.34. The van der Waals surface area contributed by atoms with Crippen molar-refractivity contribution >= 4 is 17.5 Å². The summed E-state index contributed by atoms with van der Waals surface area (Å²) in [4.78, 5) is 27.3. The highest BCUT2D eigenvalue weighted by molar-refractivity contribution is 6.01. The molecular weight excluding hydrogens is 336 g/mol. The van der Waals surface area contributed by atoms with E-state index < -0.39 is 0 Å². The van der Waals surface area contributed by atoms with Crippen LogP contribution in [0.1, 0.15) is 47.6 Å². The van der Waals surface area contributed by atoms with Crippen molar-refractivity contribution in [1.29, 1.82) is 0 Å². The lowest BCUT2D eigenvalue weighted by atomic mass is 9.87. The molecule has 0 aromatic heterocycles. The highest BCUT2D eigenvalue weighted by atomic mass is 16.2. The maximum Gasteiger partial charge on any atom is 0.227 e. The zero-order valence-corrected chi connectivity index (χ0v) is 16.0. The Morgan fingerprint density at radius 1 is 1.11 bits per heavy atom. The minimum Gasteiger partial charge on any atom is -0.349 e. The Hall–Kier alpha value is -2.62. The summed E-state index contributed by atoms with van der Waals surface area (Å²) in [6.45, 7) is 4.54. The summed E-state index contributed by atoms with van der Waals surface area (Å²) < 4.78 is 0. The molecule has 1 aliphatic heterocycles. The zero-order chi connectivity index (χ0) is 19.0. The summed E-state index contributed by atoms with van der Waals surface area (Å²) in [7, 11) is 0. The van der Waals surface area contributed by atoms with Crippen molar-refractivity contribution in [2.24, 2.45) is 5.92 Å². The van der Waals surface area contributed by atoms with E-state index in [-0.39, 0.29) is 30.2 Å². The number of aryl methyl sites for hydroxylation is 2. The van der Waals surface area contributed by atoms with E-state index in [2.05, 4.69) is 23.5 Å². The van der Waals surface area contributed by atoms with Crippen LogP contribution in [-0.4, -0.2) is 18.4 Å². The number of hydrogen-bond acceptors (Lipinski definition) is 2. The minimum atomic E-state index is -0.286. The van der Waals surface area contributed by atoms with Crippen LogP contribution in [0.15, 0.2) is 42.5 Å². The van der Waals surface area contributed by atoms with Crippen molar-refractivity contribution in [2.45, 2.75) is 45.6 Å². The number of carbonyl (C=O) groups is 2. The Balaban J connectivity index is 1.48. The van der Waals surface area contributed by atoms with Crippen LogP contribution in [0.5, 0.6) is 0 Å². The van der Waals surface area contributed by atoms with Gasteiger partial charge in [-0.2, -0.15) is 0 Å². The van der Waals surface area contributed by atoms with Gasteiger partial charge in [0.05, 0.1) is 12.0 Å². The van der Waals surface area contributed by atoms with Crippen molar-refractivity contribution in [1.82, 2.24) is 5.32 Å². The number of anilines is 1. The molecule has 0 unspecified atom stereocenters. The first kappa shape index (κ1) is 17.8. The smallest absolute Gasteiger partial charge is 0.227 e. The fourth-order valence-corrected chi connectivity index (χ4v) is 4.34. The van der Waals surface area contributed by atoms with Crippen LogP contribution < -0.4 is 10.2 Å². The predicted molar refractivity (Wildman–Crippen MR) is 107 cm³/mol. The molecule has 0 bridgehead atoms. The molecule has 27 heavy (non-hydrogen) atoms. The molecule has 4 nitrogen and oxygen atoms in total. The summed E-state index contributed by atoms with van der Waals surface area (Å²) in [6, 6.07) is 14.4. The van der Waals surface area contributed by atoms with Gasteiger partial charge in [0.15, 0.2) is 0 Å². The SMILES string of the molecule is Cc1cccc(N2C[C@H](C(=O)N[C@H]3CCCc4ccccc43)CC2=O)c1C. The molecule has 140 valence electrons. The Labute approximate surface area is 160 Å². The number of benzene rings is 2. The van der Waals surface area contributed by atoms with Crippen LogP contribution in [-0.2, 0) is 16.0 Å². The second-order valence-electron chi connectivity index (χ2n) is 7.78. The maximum atomic E-state index is 12.9. The molecule has 2 atom stereocenters. The molecule has 0 spiro atoms. The van der Waals surface area contributed by atoms with Crippen molar-refractivity contribution in [3.63, 3.8) is 0 Å². The lowest BCUT2D eigenvalue weighted by Crippen LogP contribution is -2.37. The molecule has 2 aromatic carbocycles. The summed E-state index contributed by atoms with van der Waals surface area (Å²) in [6.07, 6.45) is 3.41. The predicted octanol–water partition coefficient (Wildman–Crippen LogP) is 3.85. The van der Waals surface area contributed by atoms with Gasteiger partial charge in [0.1, 0.15) is 0 Å². The quantitative estimate of drug-likeness (QED) is 0.902. The van der Waals surface area contributed by atoms with Crippen LogP contribution in [0.4, 0.5) is 5.69 Å². The minimum absolute atomic E-state index is 0.00198. The molecule has 2 aliphatic rings. The number of carbonyl (C=O) groups excluding carboxylic acids is 2. The van der Waals surface area contributed by atoms with Gasteiger partial charge in [-0.1, -0.05) is 36.4 Å². The molecule has 1 N–H and O–H groups in total. The number of rotatable bonds is 3. The van der Waals surface area contributed by atoms with E-state index >= 15 is 0 Å². The van der Waals surface area contributed by atoms with Gasteiger partial charge in [-0.15, -0.1) is 0 Å². The van der Waals surface area contributed by atoms with Crippen molar-refractivity contribution in [2.75, 3.05) is 11.4 Å². The molecule has 4 rings (SSSR count). The average Bonchev–Trinajstić information content (AvgIpc) is 3.06. The topological polar surface area (TPSA) is 49.4 Å². The Kier molecular flexibility index (Phi) is 4.73. The lowest BCUT2D eigenvalue weighted by molar-refractivity contribution is -0.127. The fraction of sp³-hybridized carbons (Fsp3) is 0.391. The van der Waals surface area contributed by atoms with E-state index in [1.54, 1.807) is 4.90 Å². The number of amides is 2. The van der Waals surface area contributed by atoms with Gasteiger partial charge in [0.25, 0.3) is 0 Å². The van der Waals surface area contributed by atoms with Crippen molar-refractivity contribution in [3.8, 4) is 0 Å². The van der Waals surface area contributed by atoms with E-state index in [9.17, 15) is 9.59 Å². The van der Waals surface area contributed by atoms with Crippen molar-refractivity contribution in [3.05, 3.63) is 64.7 Å². The maximum absolute atomic E-state index is 12.9. The van der Waals surface area contributed by atoms with Crippen molar-refractivity contribution < 1.29 is 9.59 Å². The standard InChI is InChI=1S/C23H26N2O2/c1-15-7-5-12-21(16(15)2)25-14-18(13-22(25)26)23(27)24-20-11-6-9-17-8-3-4-10-19(17)20/h3-5,7-8,10,12,18,20H,6,9,11,13-14H2,1-2H3,(H,24,27)/t18-,20+/m1/s1. The molecule has 4 heteroatoms. The van der Waals surface area contributed by atoms with Crippen LogP contribution in [0.2, 0.25) is 0 Å². The highest BCUT2D eigenvalue weighted by Gasteiger charge is 2.36. The number of fused-ring (bicyclic) bond motifs is 1. The summed E-state index contributed by atoms with van der Waals surface area (Å²) in [5.74, 6) is -0.253. The molecule has 0 radical (unpaired) electrons. The molecule has 1 aliphatic carbocycles. The molecule has 1 heterocycles. The number of nitrogens with zero attached hydrogens (tertiary/aromatic N) is 1. The summed E-state index contributed by atoms with van der Waals surface area (Å²) in [5.41, 5.74) is 5.75. The van der Waals surface area contributed by atoms with Gasteiger partial charge >= 0.3 is 0 Å². The van der Waals surface area contributed by atoms with E-state index in [1.165, 1.54) is 11.1 Å². The first-order chi connectivity index (χ1) is 13.0. The van der Waals surface area contributed by atoms with Crippen LogP contribution in [0.25, 0.3) is 0 Å². The van der Waals surface area contributed by atoms with Gasteiger partial charge in [-0.3, -0.25) is 9.59 Å². The third-order valence-electron chi connectivity index (χ3n) is 6.05.